The van der Waals surface area contributed by atoms with Crippen molar-refractivity contribution >= 4 is 28.3 Å². The number of amides is 1. The molecule has 0 radical (unpaired) electrons. The van der Waals surface area contributed by atoms with Crippen LogP contribution in [0.4, 0.5) is 29.2 Å². The van der Waals surface area contributed by atoms with E-state index in [1.54, 1.807) is 0 Å². The molecule has 0 aliphatic carbocycles. The molecule has 3 aromatic rings. The summed E-state index contributed by atoms with van der Waals surface area (Å²) in [6.07, 6.45) is -3.70. The lowest BCUT2D eigenvalue weighted by molar-refractivity contribution is -0.137. The Bertz CT molecular complexity index is 1710. The van der Waals surface area contributed by atoms with E-state index in [1.165, 1.54) is 20.8 Å². The molecule has 0 saturated carbocycles. The van der Waals surface area contributed by atoms with Gasteiger partial charge in [-0.05, 0) is 66.0 Å². The van der Waals surface area contributed by atoms with Gasteiger partial charge < -0.3 is 31.1 Å². The Kier molecular flexibility index (Phi) is 6.78. The number of nitrogens with two attached hydrogens (primary N) is 1. The highest BCUT2D eigenvalue weighted by molar-refractivity contribution is 6.07. The molecular weight excluding hydrogens is 582 g/mol. The third-order valence-corrected chi connectivity index (χ3v) is 8.81. The molecule has 6 heterocycles. The summed E-state index contributed by atoms with van der Waals surface area (Å²) in [7, 11) is 0. The highest BCUT2D eigenvalue weighted by atomic mass is 19.4. The number of pyridine rings is 3. The number of ether oxygens (including phenoxy) is 1. The number of aryl methyl sites for hydroxylation is 2. The molecule has 1 amide bonds. The Morgan fingerprint density at radius 1 is 1.25 bits per heavy atom. The summed E-state index contributed by atoms with van der Waals surface area (Å²) in [6, 6.07) is 0.635. The van der Waals surface area contributed by atoms with Gasteiger partial charge in [-0.1, -0.05) is 0 Å². The minimum Gasteiger partial charge on any atom is -0.472 e. The van der Waals surface area contributed by atoms with E-state index >= 15 is 4.39 Å². The van der Waals surface area contributed by atoms with Crippen molar-refractivity contribution in [2.45, 2.75) is 89.9 Å². The topological polar surface area (TPSA) is 139 Å². The van der Waals surface area contributed by atoms with Gasteiger partial charge in [-0.25, -0.2) is 19.3 Å². The van der Waals surface area contributed by atoms with Crippen LogP contribution in [0.15, 0.2) is 6.07 Å². The average Bonchev–Trinajstić information content (AvgIpc) is 3.14. The average molecular weight is 618 g/mol. The summed E-state index contributed by atoms with van der Waals surface area (Å²) in [5, 5.41) is 16.6. The highest BCUT2D eigenvalue weighted by Crippen LogP contribution is 2.48. The summed E-state index contributed by atoms with van der Waals surface area (Å²) in [6.45, 7) is 9.94. The molecule has 3 aliphatic rings. The Morgan fingerprint density at radius 3 is 2.61 bits per heavy atom. The van der Waals surface area contributed by atoms with Crippen LogP contribution in [-0.2, 0) is 6.18 Å². The van der Waals surface area contributed by atoms with E-state index in [4.69, 9.17) is 15.5 Å². The van der Waals surface area contributed by atoms with Gasteiger partial charge in [0.2, 0.25) is 5.88 Å². The predicted molar refractivity (Wildman–Crippen MR) is 156 cm³/mol. The largest absolute Gasteiger partial charge is 0.472 e. The van der Waals surface area contributed by atoms with E-state index in [2.05, 4.69) is 27.5 Å². The number of carbonyl (C=O) groups excluding carboxylic acids is 1. The fourth-order valence-electron chi connectivity index (χ4n) is 6.97. The number of aliphatic hydroxyl groups is 1. The number of nitrogen functional groups attached to an aromatic ring is 1. The van der Waals surface area contributed by atoms with Gasteiger partial charge in [-0.15, -0.1) is 0 Å². The van der Waals surface area contributed by atoms with Gasteiger partial charge in [0.15, 0.2) is 5.82 Å². The monoisotopic (exact) mass is 617 g/mol. The first-order valence-electron chi connectivity index (χ1n) is 14.5. The number of halogens is 4. The SMILES string of the molecule is Cc1nc(N)cc(-c2nc3c4c(nc(C(=O)NCC(C)(C)O)c(C)c4c2F)N2C[C@@]4(C)CC[C@H](N4)[C@H]2[C@H](C)O3)c1C(F)(F)F. The maximum atomic E-state index is 16.9. The molecule has 5 N–H and O–H groups in total. The molecule has 3 aromatic heterocycles. The fraction of sp³-hybridized carbons (Fsp3) is 0.533. The molecule has 44 heavy (non-hydrogen) atoms. The van der Waals surface area contributed by atoms with E-state index < -0.39 is 52.1 Å². The Balaban J connectivity index is 1.68. The number of fused-ring (bicyclic) bond motifs is 5. The van der Waals surface area contributed by atoms with Gasteiger partial charge in [0, 0.05) is 35.6 Å². The van der Waals surface area contributed by atoms with Crippen LogP contribution in [0, 0.1) is 19.7 Å². The zero-order chi connectivity index (χ0) is 32.1. The van der Waals surface area contributed by atoms with Crippen molar-refractivity contribution in [2.24, 2.45) is 0 Å². The molecule has 6 rings (SSSR count). The van der Waals surface area contributed by atoms with Gasteiger partial charge in [0.25, 0.3) is 5.91 Å². The summed E-state index contributed by atoms with van der Waals surface area (Å²) in [5.41, 5.74) is 1.48. The minimum atomic E-state index is -4.90. The first kappa shape index (κ1) is 30.3. The number of nitrogens with one attached hydrogen (secondary N) is 2. The molecule has 10 nitrogen and oxygen atoms in total. The summed E-state index contributed by atoms with van der Waals surface area (Å²) < 4.78 is 66.3. The number of piperazine rings is 1. The second kappa shape index (κ2) is 9.86. The lowest BCUT2D eigenvalue weighted by Crippen LogP contribution is -2.66. The molecule has 2 bridgehead atoms. The summed E-state index contributed by atoms with van der Waals surface area (Å²) in [5.74, 6) is -1.80. The van der Waals surface area contributed by atoms with Crippen LogP contribution in [0.1, 0.15) is 67.8 Å². The van der Waals surface area contributed by atoms with Gasteiger partial charge in [0.05, 0.1) is 28.3 Å². The number of nitrogens with zero attached hydrogens (tertiary/aromatic N) is 4. The molecule has 4 atom stereocenters. The summed E-state index contributed by atoms with van der Waals surface area (Å²) >= 11 is 0. The zero-order valence-corrected chi connectivity index (χ0v) is 25.3. The van der Waals surface area contributed by atoms with Crippen LogP contribution in [0.2, 0.25) is 0 Å². The lowest BCUT2D eigenvalue weighted by atomic mass is 9.95. The fourth-order valence-corrected chi connectivity index (χ4v) is 6.97. The van der Waals surface area contributed by atoms with Gasteiger partial charge >= 0.3 is 6.18 Å². The third kappa shape index (κ3) is 4.87. The number of aromatic nitrogens is 3. The number of hydrogen-bond acceptors (Lipinski definition) is 9. The van der Waals surface area contributed by atoms with Crippen LogP contribution in [0.25, 0.3) is 22.0 Å². The Hall–Kier alpha value is -3.78. The van der Waals surface area contributed by atoms with E-state index in [0.29, 0.717) is 6.54 Å². The molecule has 3 aliphatic heterocycles. The van der Waals surface area contributed by atoms with Crippen molar-refractivity contribution in [3.05, 3.63) is 34.4 Å². The van der Waals surface area contributed by atoms with Crippen molar-refractivity contribution in [3.8, 4) is 17.1 Å². The number of hydrogen-bond donors (Lipinski definition) is 4. The van der Waals surface area contributed by atoms with E-state index in [0.717, 1.165) is 25.8 Å². The molecule has 0 unspecified atom stereocenters. The van der Waals surface area contributed by atoms with Crippen molar-refractivity contribution in [1.82, 2.24) is 25.6 Å². The van der Waals surface area contributed by atoms with Gasteiger partial charge in [-0.3, -0.25) is 4.79 Å². The third-order valence-electron chi connectivity index (χ3n) is 8.81. The van der Waals surface area contributed by atoms with Crippen molar-refractivity contribution in [3.63, 3.8) is 0 Å². The van der Waals surface area contributed by atoms with Crippen LogP contribution in [0.3, 0.4) is 0 Å². The first-order chi connectivity index (χ1) is 20.4. The minimum absolute atomic E-state index is 0.0209. The molecule has 236 valence electrons. The van der Waals surface area contributed by atoms with Crippen LogP contribution in [-0.4, -0.2) is 68.4 Å². The number of alkyl halides is 3. The first-order valence-corrected chi connectivity index (χ1v) is 14.5. The number of carbonyl (C=O) groups is 1. The van der Waals surface area contributed by atoms with Gasteiger partial charge in [-0.2, -0.15) is 13.2 Å². The smallest absolute Gasteiger partial charge is 0.418 e. The maximum absolute atomic E-state index is 16.9. The molecule has 0 spiro atoms. The second-order valence-electron chi connectivity index (χ2n) is 13.1. The number of rotatable bonds is 4. The lowest BCUT2D eigenvalue weighted by Gasteiger charge is -2.46. The standard InChI is InChI=1S/C30H35F4N7O3/c1-12-18-19-25(38-22(12)26(42)36-10-28(4,5)43)41-11-29(6)8-7-16(40-29)24(41)14(3)44-27(19)39-23(21(18)31)15-9-17(35)37-13(2)20(15)30(32,33)34/h9,14,16,24,40,43H,7-8,10-11H2,1-6H3,(H2,35,37)(H,36,42)/t14-,16-,24+,29+/m0/s1. The number of anilines is 2. The van der Waals surface area contributed by atoms with Crippen molar-refractivity contribution < 1.29 is 32.2 Å². The van der Waals surface area contributed by atoms with Crippen LogP contribution >= 0.6 is 0 Å². The predicted octanol–water partition coefficient (Wildman–Crippen LogP) is 4.03. The van der Waals surface area contributed by atoms with E-state index in [9.17, 15) is 23.1 Å². The summed E-state index contributed by atoms with van der Waals surface area (Å²) in [4.78, 5) is 28.5. The van der Waals surface area contributed by atoms with Crippen LogP contribution < -0.4 is 26.0 Å². The van der Waals surface area contributed by atoms with Crippen molar-refractivity contribution in [1.29, 1.82) is 0 Å². The van der Waals surface area contributed by atoms with E-state index in [-0.39, 0.29) is 63.7 Å². The Labute approximate surface area is 251 Å². The highest BCUT2D eigenvalue weighted by Gasteiger charge is 2.51. The second-order valence-corrected chi connectivity index (χ2v) is 13.1. The molecular formula is C30H35F4N7O3. The quantitative estimate of drug-likeness (QED) is 0.320. The van der Waals surface area contributed by atoms with Crippen molar-refractivity contribution in [2.75, 3.05) is 23.7 Å². The normalized spacial score (nSPS) is 24.6. The zero-order valence-electron chi connectivity index (χ0n) is 25.3. The van der Waals surface area contributed by atoms with Crippen LogP contribution in [0.5, 0.6) is 5.88 Å². The Morgan fingerprint density at radius 2 is 1.95 bits per heavy atom. The molecule has 14 heteroatoms. The van der Waals surface area contributed by atoms with Gasteiger partial charge in [0.1, 0.15) is 29.1 Å². The molecule has 2 saturated heterocycles. The van der Waals surface area contributed by atoms with E-state index in [1.807, 2.05) is 11.8 Å². The molecule has 0 aromatic carbocycles. The molecule has 2 fully saturated rings. The maximum Gasteiger partial charge on any atom is 0.418 e.